The Bertz CT molecular complexity index is 1180. The first-order chi connectivity index (χ1) is 13.9. The molecule has 0 aliphatic carbocycles. The van der Waals surface area contributed by atoms with Gasteiger partial charge in [-0.1, -0.05) is 26.0 Å². The summed E-state index contributed by atoms with van der Waals surface area (Å²) in [5.41, 5.74) is 3.95. The van der Waals surface area contributed by atoms with E-state index in [0.29, 0.717) is 11.4 Å². The molecule has 4 rings (SSSR count). The van der Waals surface area contributed by atoms with E-state index in [0.717, 1.165) is 22.3 Å². The van der Waals surface area contributed by atoms with Crippen LogP contribution in [0.5, 0.6) is 0 Å². The van der Waals surface area contributed by atoms with Gasteiger partial charge in [0.15, 0.2) is 5.82 Å². The summed E-state index contributed by atoms with van der Waals surface area (Å²) in [6, 6.07) is 11.1. The zero-order valence-electron chi connectivity index (χ0n) is 17.0. The predicted octanol–water partition coefficient (Wildman–Crippen LogP) is 3.68. The lowest BCUT2D eigenvalue weighted by atomic mass is 9.85. The standard InChI is InChI=1S/C22H23N5O2.ClH/c1-22(2,14-28)18-7-4-15(5-8-18)21(29)25-19-13-27-12-16(6-9-20(27)24-19)17-10-23-26(3)11-17;/h4-13,28H,14H2,1-3H3,(H,25,29);1H. The van der Waals surface area contributed by atoms with Crippen LogP contribution >= 0.6 is 12.4 Å². The molecule has 0 saturated carbocycles. The minimum atomic E-state index is -0.345. The number of amides is 1. The molecule has 0 aliphatic rings. The lowest BCUT2D eigenvalue weighted by Crippen LogP contribution is -2.22. The van der Waals surface area contributed by atoms with Crippen LogP contribution in [0.25, 0.3) is 16.8 Å². The number of hydrogen-bond acceptors (Lipinski definition) is 4. The number of rotatable bonds is 5. The molecular weight excluding hydrogens is 402 g/mol. The van der Waals surface area contributed by atoms with E-state index in [1.54, 1.807) is 23.0 Å². The molecule has 3 aromatic heterocycles. The smallest absolute Gasteiger partial charge is 0.256 e. The molecule has 1 aromatic carbocycles. The van der Waals surface area contributed by atoms with Gasteiger partial charge in [-0.25, -0.2) is 4.98 Å². The Balaban J connectivity index is 0.00000256. The highest BCUT2D eigenvalue weighted by Crippen LogP contribution is 2.23. The van der Waals surface area contributed by atoms with E-state index in [4.69, 9.17) is 0 Å². The SMILES string of the molecule is Cl.Cn1cc(-c2ccc3nc(NC(=O)c4ccc(C(C)(C)CO)cc4)cn3c2)cn1. The fourth-order valence-electron chi connectivity index (χ4n) is 3.15. The average Bonchev–Trinajstić information content (AvgIpc) is 3.32. The third-order valence-corrected chi connectivity index (χ3v) is 5.05. The molecule has 0 radical (unpaired) electrons. The van der Waals surface area contributed by atoms with Gasteiger partial charge in [-0.2, -0.15) is 5.10 Å². The number of aromatic nitrogens is 4. The molecule has 30 heavy (non-hydrogen) atoms. The van der Waals surface area contributed by atoms with E-state index < -0.39 is 0 Å². The number of anilines is 1. The monoisotopic (exact) mass is 425 g/mol. The molecule has 0 fully saturated rings. The number of aliphatic hydroxyl groups is 1. The summed E-state index contributed by atoms with van der Waals surface area (Å²) in [7, 11) is 1.88. The first-order valence-electron chi connectivity index (χ1n) is 9.36. The Morgan fingerprint density at radius 1 is 1.07 bits per heavy atom. The number of nitrogens with zero attached hydrogens (tertiary/aromatic N) is 4. The molecule has 1 amide bonds. The summed E-state index contributed by atoms with van der Waals surface area (Å²) >= 11 is 0. The number of carbonyl (C=O) groups excluding carboxylic acids is 1. The predicted molar refractivity (Wildman–Crippen MR) is 119 cm³/mol. The highest BCUT2D eigenvalue weighted by Gasteiger charge is 2.19. The molecule has 0 spiro atoms. The lowest BCUT2D eigenvalue weighted by molar-refractivity contribution is 0.102. The van der Waals surface area contributed by atoms with Gasteiger partial charge in [0.05, 0.1) is 19.0 Å². The number of carbonyl (C=O) groups is 1. The van der Waals surface area contributed by atoms with Gasteiger partial charge >= 0.3 is 0 Å². The molecule has 7 nitrogen and oxygen atoms in total. The van der Waals surface area contributed by atoms with Crippen molar-refractivity contribution >= 4 is 29.8 Å². The minimum absolute atomic E-state index is 0. The quantitative estimate of drug-likeness (QED) is 0.510. The maximum atomic E-state index is 12.6. The van der Waals surface area contributed by atoms with Crippen molar-refractivity contribution in [2.75, 3.05) is 11.9 Å². The molecule has 156 valence electrons. The van der Waals surface area contributed by atoms with Crippen LogP contribution in [-0.2, 0) is 12.5 Å². The van der Waals surface area contributed by atoms with Crippen molar-refractivity contribution in [3.63, 3.8) is 0 Å². The second kappa shape index (κ2) is 8.30. The lowest BCUT2D eigenvalue weighted by Gasteiger charge is -2.22. The second-order valence-electron chi connectivity index (χ2n) is 7.79. The topological polar surface area (TPSA) is 84.5 Å². The number of imidazole rings is 1. The largest absolute Gasteiger partial charge is 0.395 e. The van der Waals surface area contributed by atoms with E-state index in [1.165, 1.54) is 0 Å². The van der Waals surface area contributed by atoms with Crippen molar-refractivity contribution in [2.24, 2.45) is 7.05 Å². The molecule has 3 heterocycles. The van der Waals surface area contributed by atoms with Gasteiger partial charge in [-0.05, 0) is 29.8 Å². The molecule has 8 heteroatoms. The normalized spacial score (nSPS) is 11.3. The van der Waals surface area contributed by atoms with Gasteiger partial charge in [-0.3, -0.25) is 9.48 Å². The molecular formula is C22H24ClN5O2. The van der Waals surface area contributed by atoms with Crippen LogP contribution in [0, 0.1) is 0 Å². The van der Waals surface area contributed by atoms with Crippen LogP contribution in [0.2, 0.25) is 0 Å². The van der Waals surface area contributed by atoms with E-state index in [9.17, 15) is 9.90 Å². The molecule has 4 aromatic rings. The van der Waals surface area contributed by atoms with Crippen molar-refractivity contribution in [3.8, 4) is 11.1 Å². The van der Waals surface area contributed by atoms with Crippen LogP contribution in [-0.4, -0.2) is 36.8 Å². The maximum absolute atomic E-state index is 12.6. The van der Waals surface area contributed by atoms with Crippen molar-refractivity contribution in [1.82, 2.24) is 19.2 Å². The summed E-state index contributed by atoms with van der Waals surface area (Å²) in [4.78, 5) is 17.1. The van der Waals surface area contributed by atoms with Crippen LogP contribution in [0.4, 0.5) is 5.82 Å². The van der Waals surface area contributed by atoms with Gasteiger partial charge in [0.1, 0.15) is 5.65 Å². The summed E-state index contributed by atoms with van der Waals surface area (Å²) in [5.74, 6) is 0.257. The van der Waals surface area contributed by atoms with Crippen molar-refractivity contribution in [2.45, 2.75) is 19.3 Å². The van der Waals surface area contributed by atoms with E-state index in [1.807, 2.05) is 68.2 Å². The number of hydrogen-bond donors (Lipinski definition) is 2. The first-order valence-corrected chi connectivity index (χ1v) is 9.36. The van der Waals surface area contributed by atoms with Gasteiger partial charge in [0.2, 0.25) is 0 Å². The van der Waals surface area contributed by atoms with Gasteiger partial charge in [0.25, 0.3) is 5.91 Å². The van der Waals surface area contributed by atoms with Crippen molar-refractivity contribution in [1.29, 1.82) is 0 Å². The van der Waals surface area contributed by atoms with Crippen LogP contribution in [0.3, 0.4) is 0 Å². The number of pyridine rings is 1. The third-order valence-electron chi connectivity index (χ3n) is 5.05. The maximum Gasteiger partial charge on any atom is 0.256 e. The Morgan fingerprint density at radius 3 is 2.43 bits per heavy atom. The minimum Gasteiger partial charge on any atom is -0.395 e. The van der Waals surface area contributed by atoms with Gasteiger partial charge < -0.3 is 14.8 Å². The Kier molecular flexibility index (Phi) is 5.96. The van der Waals surface area contributed by atoms with E-state index >= 15 is 0 Å². The summed E-state index contributed by atoms with van der Waals surface area (Å²) in [5, 5.41) is 16.5. The molecule has 2 N–H and O–H groups in total. The van der Waals surface area contributed by atoms with Crippen molar-refractivity contribution < 1.29 is 9.90 Å². The van der Waals surface area contributed by atoms with Gasteiger partial charge in [0, 0.05) is 41.5 Å². The summed E-state index contributed by atoms with van der Waals surface area (Å²) in [6.45, 7) is 3.96. The molecule has 0 unspecified atom stereocenters. The number of aliphatic hydroxyl groups excluding tert-OH is 1. The molecule has 0 aliphatic heterocycles. The first kappa shape index (κ1) is 21.5. The van der Waals surface area contributed by atoms with Crippen LogP contribution in [0.15, 0.2) is 61.2 Å². The summed E-state index contributed by atoms with van der Waals surface area (Å²) in [6.07, 6.45) is 7.50. The Morgan fingerprint density at radius 2 is 1.80 bits per heavy atom. The average molecular weight is 426 g/mol. The Labute approximate surface area is 180 Å². The highest BCUT2D eigenvalue weighted by molar-refractivity contribution is 6.03. The highest BCUT2D eigenvalue weighted by atomic mass is 35.5. The zero-order chi connectivity index (χ0) is 20.6. The Hall–Kier alpha value is -3.16. The summed E-state index contributed by atoms with van der Waals surface area (Å²) < 4.78 is 3.64. The number of nitrogens with one attached hydrogen (secondary N) is 1. The van der Waals surface area contributed by atoms with Crippen LogP contribution in [0.1, 0.15) is 29.8 Å². The zero-order valence-corrected chi connectivity index (χ0v) is 17.8. The number of aryl methyl sites for hydroxylation is 1. The third kappa shape index (κ3) is 4.22. The van der Waals surface area contributed by atoms with E-state index in [2.05, 4.69) is 15.4 Å². The number of benzene rings is 1. The molecule has 0 atom stereocenters. The fraction of sp³-hybridized carbons (Fsp3) is 0.227. The van der Waals surface area contributed by atoms with Crippen LogP contribution < -0.4 is 5.32 Å². The van der Waals surface area contributed by atoms with Gasteiger partial charge in [-0.15, -0.1) is 12.4 Å². The molecule has 0 saturated heterocycles. The number of halogens is 1. The fourth-order valence-corrected chi connectivity index (χ4v) is 3.15. The second-order valence-corrected chi connectivity index (χ2v) is 7.79. The van der Waals surface area contributed by atoms with Crippen molar-refractivity contribution in [3.05, 3.63) is 72.3 Å². The molecule has 0 bridgehead atoms. The number of fused-ring (bicyclic) bond motifs is 1. The van der Waals surface area contributed by atoms with E-state index in [-0.39, 0.29) is 30.3 Å².